The number of fused-ring (bicyclic) bond motifs is 3. The first-order valence-corrected chi connectivity index (χ1v) is 18.0. The summed E-state index contributed by atoms with van der Waals surface area (Å²) in [6, 6.07) is 11.5. The number of hydrogen-bond donors (Lipinski definition) is 6. The van der Waals surface area contributed by atoms with Crippen molar-refractivity contribution in [2.45, 2.75) is 79.7 Å². The van der Waals surface area contributed by atoms with Gasteiger partial charge >= 0.3 is 0 Å². The van der Waals surface area contributed by atoms with Gasteiger partial charge in [0.25, 0.3) is 0 Å². The third-order valence-electron chi connectivity index (χ3n) is 8.96. The third kappa shape index (κ3) is 9.01. The number of aromatic nitrogens is 2. The number of unbranched alkanes of at least 4 members (excludes halogenated alkanes) is 1. The second kappa shape index (κ2) is 17.8. The molecule has 0 saturated heterocycles. The van der Waals surface area contributed by atoms with Crippen molar-refractivity contribution in [3.05, 3.63) is 88.5 Å². The summed E-state index contributed by atoms with van der Waals surface area (Å²) < 4.78 is 15.5. The quantitative estimate of drug-likeness (QED) is 0.141. The van der Waals surface area contributed by atoms with Crippen molar-refractivity contribution in [1.29, 1.82) is 0 Å². The van der Waals surface area contributed by atoms with Crippen LogP contribution in [0.5, 0.6) is 0 Å². The first kappa shape index (κ1) is 37.3. The number of halogens is 2. The number of nitrogens with zero attached hydrogens (tertiary/aromatic N) is 2. The molecule has 5 rings (SSSR count). The lowest BCUT2D eigenvalue weighted by Crippen LogP contribution is -2.57. The van der Waals surface area contributed by atoms with Gasteiger partial charge in [-0.25, -0.2) is 9.37 Å². The Kier molecular flexibility index (Phi) is 13.2. The second-order valence-electron chi connectivity index (χ2n) is 12.4. The zero-order chi connectivity index (χ0) is 35.6. The highest BCUT2D eigenvalue weighted by Crippen LogP contribution is 2.38. The lowest BCUT2D eigenvalue weighted by molar-refractivity contribution is -0.142. The van der Waals surface area contributed by atoms with Crippen LogP contribution >= 0.6 is 23.4 Å². The summed E-state index contributed by atoms with van der Waals surface area (Å²) in [7, 11) is 1.56. The fraction of sp³-hybridized carbons (Fsp3) is 0.389. The highest BCUT2D eigenvalue weighted by Gasteiger charge is 2.34. The van der Waals surface area contributed by atoms with E-state index in [1.807, 2.05) is 36.5 Å². The molecule has 1 aliphatic heterocycles. The summed E-state index contributed by atoms with van der Waals surface area (Å²) in [5.74, 6) is -1.80. The summed E-state index contributed by atoms with van der Waals surface area (Å²) >= 11 is 7.84. The largest absolute Gasteiger partial charge is 0.361 e. The molecule has 0 fully saturated rings. The predicted octanol–water partition coefficient (Wildman–Crippen LogP) is 4.02. The molecule has 1 aliphatic rings. The van der Waals surface area contributed by atoms with Gasteiger partial charge in [0.05, 0.1) is 11.1 Å². The van der Waals surface area contributed by atoms with Crippen LogP contribution in [0.15, 0.2) is 70.8 Å². The normalized spacial score (nSPS) is 19.4. The van der Waals surface area contributed by atoms with E-state index in [0.29, 0.717) is 60.1 Å². The Morgan fingerprint density at radius 1 is 0.960 bits per heavy atom. The van der Waals surface area contributed by atoms with Crippen molar-refractivity contribution in [3.63, 3.8) is 0 Å². The van der Waals surface area contributed by atoms with Gasteiger partial charge in [-0.3, -0.25) is 14.4 Å². The minimum absolute atomic E-state index is 0.166. The maximum Gasteiger partial charge on any atom is 0.245 e. The lowest BCUT2D eigenvalue weighted by Gasteiger charge is -2.32. The number of nitrogens with two attached hydrogens (primary N) is 2. The van der Waals surface area contributed by atoms with Gasteiger partial charge in [0.2, 0.25) is 17.7 Å². The van der Waals surface area contributed by atoms with Crippen LogP contribution in [0.2, 0.25) is 5.02 Å². The Bertz CT molecular complexity index is 1810. The Hall–Kier alpha value is -4.01. The number of nitrogens with one attached hydrogen (secondary N) is 4. The average Bonchev–Trinajstić information content (AvgIpc) is 3.53. The Morgan fingerprint density at radius 2 is 1.74 bits per heavy atom. The van der Waals surface area contributed by atoms with Gasteiger partial charge in [-0.05, 0) is 80.6 Å². The number of likely N-dealkylation sites (N-methyl/N-ethyl adjacent to an activating group) is 1. The molecule has 14 heteroatoms. The van der Waals surface area contributed by atoms with Gasteiger partial charge in [0.15, 0.2) is 0 Å². The molecule has 3 heterocycles. The number of carbonyl (C=O) groups is 3. The average molecular weight is 723 g/mol. The van der Waals surface area contributed by atoms with E-state index in [4.69, 9.17) is 23.1 Å². The third-order valence-corrected chi connectivity index (χ3v) is 10.6. The molecule has 0 aliphatic carbocycles. The van der Waals surface area contributed by atoms with Crippen LogP contribution in [0.3, 0.4) is 0 Å². The number of pyridine rings is 1. The number of carbonyl (C=O) groups excluding carboxylic acids is 3. The molecule has 0 bridgehead atoms. The van der Waals surface area contributed by atoms with Gasteiger partial charge in [-0.15, -0.1) is 0 Å². The molecule has 0 unspecified atom stereocenters. The smallest absolute Gasteiger partial charge is 0.245 e. The fourth-order valence-electron chi connectivity index (χ4n) is 6.11. The predicted molar refractivity (Wildman–Crippen MR) is 194 cm³/mol. The molecule has 2 aromatic heterocycles. The topological polar surface area (TPSA) is 171 Å². The van der Waals surface area contributed by atoms with Crippen LogP contribution in [0, 0.1) is 5.82 Å². The molecule has 0 saturated carbocycles. The van der Waals surface area contributed by atoms with E-state index < -0.39 is 35.8 Å². The molecule has 2 aromatic carbocycles. The molecular weight excluding hydrogens is 679 g/mol. The number of H-pyrrole nitrogens is 1. The zero-order valence-electron chi connectivity index (χ0n) is 28.0. The summed E-state index contributed by atoms with van der Waals surface area (Å²) in [6.07, 6.45) is 6.20. The van der Waals surface area contributed by atoms with E-state index in [0.717, 1.165) is 22.0 Å². The van der Waals surface area contributed by atoms with Gasteiger partial charge in [0.1, 0.15) is 22.9 Å². The van der Waals surface area contributed by atoms with Gasteiger partial charge < -0.3 is 37.3 Å². The molecule has 0 spiro atoms. The van der Waals surface area contributed by atoms with E-state index in [9.17, 15) is 14.4 Å². The van der Waals surface area contributed by atoms with E-state index >= 15 is 4.39 Å². The van der Waals surface area contributed by atoms with Crippen LogP contribution in [0.4, 0.5) is 4.39 Å². The maximum absolute atomic E-state index is 15.5. The SMILES string of the molecule is CN1C(=O)[C@H](CCCCN)NC(=O)[C@H](CCCN)NCc2cccnc2Sc2c(Cl)ccc(F)c2CNC(=O)[C@@H]1Cc1c[nH]c2ccccc12. The lowest BCUT2D eigenvalue weighted by atomic mass is 10.0. The van der Waals surface area contributed by atoms with Crippen LogP contribution in [-0.2, 0) is 33.9 Å². The fourth-order valence-corrected chi connectivity index (χ4v) is 7.44. The Balaban J connectivity index is 1.58. The molecule has 11 nitrogen and oxygen atoms in total. The Morgan fingerprint density at radius 3 is 2.54 bits per heavy atom. The molecule has 50 heavy (non-hydrogen) atoms. The van der Waals surface area contributed by atoms with Crippen molar-refractivity contribution in [2.75, 3.05) is 20.1 Å². The van der Waals surface area contributed by atoms with Crippen molar-refractivity contribution in [3.8, 4) is 0 Å². The second-order valence-corrected chi connectivity index (χ2v) is 13.8. The van der Waals surface area contributed by atoms with Crippen LogP contribution < -0.4 is 27.4 Å². The van der Waals surface area contributed by atoms with Gasteiger partial charge in [-0.2, -0.15) is 0 Å². The summed E-state index contributed by atoms with van der Waals surface area (Å²) in [4.78, 5) is 52.0. The molecule has 4 aromatic rings. The van der Waals surface area contributed by atoms with Crippen LogP contribution in [-0.4, -0.2) is 70.9 Å². The summed E-state index contributed by atoms with van der Waals surface area (Å²) in [6.45, 7) is 0.894. The molecule has 266 valence electrons. The molecule has 8 N–H and O–H groups in total. The summed E-state index contributed by atoms with van der Waals surface area (Å²) in [5, 5.41) is 11.0. The molecule has 3 atom stereocenters. The number of rotatable bonds is 9. The monoisotopic (exact) mass is 722 g/mol. The molecule has 0 radical (unpaired) electrons. The van der Waals surface area contributed by atoms with E-state index in [1.165, 1.54) is 28.8 Å². The van der Waals surface area contributed by atoms with Crippen LogP contribution in [0.25, 0.3) is 10.9 Å². The van der Waals surface area contributed by atoms with Crippen molar-refractivity contribution < 1.29 is 18.8 Å². The number of hydrogen-bond acceptors (Lipinski definition) is 8. The van der Waals surface area contributed by atoms with E-state index in [1.54, 1.807) is 19.3 Å². The number of para-hydroxylation sites is 1. The first-order valence-electron chi connectivity index (χ1n) is 16.8. The number of aromatic amines is 1. The molecule has 3 amide bonds. The highest BCUT2D eigenvalue weighted by molar-refractivity contribution is 7.99. The summed E-state index contributed by atoms with van der Waals surface area (Å²) in [5.41, 5.74) is 14.3. The highest BCUT2D eigenvalue weighted by atomic mass is 35.5. The van der Waals surface area contributed by atoms with Crippen LogP contribution in [0.1, 0.15) is 48.8 Å². The maximum atomic E-state index is 15.5. The van der Waals surface area contributed by atoms with Gasteiger partial charge in [-0.1, -0.05) is 47.6 Å². The Labute approximate surface area is 300 Å². The van der Waals surface area contributed by atoms with Crippen molar-refractivity contribution in [1.82, 2.24) is 30.8 Å². The zero-order valence-corrected chi connectivity index (χ0v) is 29.6. The standard InChI is InChI=1S/C36H44ClFN8O3S/c1-46-31(18-23-20-42-28-10-3-2-9-24(23)28)34(48)44-21-25-27(38)14-13-26(37)32(25)50-35-22(8-7-17-41-35)19-43-29(12-6-16-40)33(47)45-30(36(46)49)11-4-5-15-39/h2-3,7-10,13-14,17,20,29-31,42-43H,4-6,11-12,15-16,18-19,21,39-40H2,1H3,(H,44,48)(H,45,47)/t29-,30-,31-/m0/s1. The van der Waals surface area contributed by atoms with Crippen molar-refractivity contribution in [2.24, 2.45) is 11.5 Å². The van der Waals surface area contributed by atoms with Crippen molar-refractivity contribution >= 4 is 52.0 Å². The number of amides is 3. The minimum atomic E-state index is -1.00. The van der Waals surface area contributed by atoms with E-state index in [2.05, 4.69) is 25.9 Å². The van der Waals surface area contributed by atoms with Gasteiger partial charge in [0, 0.05) is 60.3 Å². The minimum Gasteiger partial charge on any atom is -0.361 e. The molecular formula is C36H44ClFN8O3S. The number of benzene rings is 2. The van der Waals surface area contributed by atoms with E-state index in [-0.39, 0.29) is 31.0 Å². The first-order chi connectivity index (χ1) is 24.2.